The molecule has 3 unspecified atom stereocenters. The minimum Gasteiger partial charge on any atom is -0.461 e. The van der Waals surface area contributed by atoms with Crippen LogP contribution in [0.3, 0.4) is 0 Å². The van der Waals surface area contributed by atoms with Crippen LogP contribution in [0, 0.1) is 17.8 Å². The third-order valence-electron chi connectivity index (χ3n) is 7.36. The first-order valence-corrected chi connectivity index (χ1v) is 11.8. The van der Waals surface area contributed by atoms with Crippen LogP contribution in [-0.2, 0) is 20.9 Å². The smallest absolute Gasteiger partial charge is 0.323 e. The van der Waals surface area contributed by atoms with Crippen molar-refractivity contribution in [2.75, 3.05) is 0 Å². The third-order valence-corrected chi connectivity index (χ3v) is 7.36. The van der Waals surface area contributed by atoms with Gasteiger partial charge in [-0.1, -0.05) is 43.5 Å². The Morgan fingerprint density at radius 3 is 2.48 bits per heavy atom. The van der Waals surface area contributed by atoms with Gasteiger partial charge >= 0.3 is 5.97 Å². The largest absolute Gasteiger partial charge is 0.461 e. The molecule has 1 aromatic rings. The maximum absolute atomic E-state index is 13.2. The van der Waals surface area contributed by atoms with Crippen molar-refractivity contribution in [3.8, 4) is 0 Å². The molecule has 6 nitrogen and oxygen atoms in total. The van der Waals surface area contributed by atoms with E-state index in [9.17, 15) is 9.59 Å². The number of fused-ring (bicyclic) bond motifs is 2. The molecule has 2 bridgehead atoms. The van der Waals surface area contributed by atoms with Gasteiger partial charge in [0.1, 0.15) is 12.1 Å². The first-order valence-electron chi connectivity index (χ1n) is 11.8. The number of hydrogen-bond donors (Lipinski definition) is 3. The van der Waals surface area contributed by atoms with Gasteiger partial charge in [0.25, 0.3) is 5.91 Å². The Morgan fingerprint density at radius 2 is 1.84 bits per heavy atom. The summed E-state index contributed by atoms with van der Waals surface area (Å²) in [6.07, 6.45) is 13.6. The molecule has 1 aromatic carbocycles. The van der Waals surface area contributed by atoms with Crippen molar-refractivity contribution in [1.82, 2.24) is 10.8 Å². The van der Waals surface area contributed by atoms with Crippen molar-refractivity contribution < 1.29 is 19.5 Å². The second-order valence-electron chi connectivity index (χ2n) is 9.46. The van der Waals surface area contributed by atoms with Crippen molar-refractivity contribution in [3.63, 3.8) is 0 Å². The van der Waals surface area contributed by atoms with E-state index >= 15 is 0 Å². The number of ether oxygens (including phenoxy) is 1. The molecule has 4 atom stereocenters. The molecule has 6 heteroatoms. The predicted octanol–water partition coefficient (Wildman–Crippen LogP) is 3.98. The van der Waals surface area contributed by atoms with E-state index in [1.807, 2.05) is 24.3 Å². The van der Waals surface area contributed by atoms with Gasteiger partial charge in [-0.25, -0.2) is 5.48 Å². The second-order valence-corrected chi connectivity index (χ2v) is 9.46. The normalized spacial score (nSPS) is 26.8. The molecule has 3 saturated carbocycles. The average Bonchev–Trinajstić information content (AvgIpc) is 3.42. The van der Waals surface area contributed by atoms with Gasteiger partial charge in [0.2, 0.25) is 0 Å². The Labute approximate surface area is 184 Å². The van der Waals surface area contributed by atoms with E-state index in [0.717, 1.165) is 36.3 Å². The molecule has 168 valence electrons. The minimum absolute atomic E-state index is 0.0565. The molecule has 0 saturated heterocycles. The predicted molar refractivity (Wildman–Crippen MR) is 118 cm³/mol. The average molecular weight is 427 g/mol. The van der Waals surface area contributed by atoms with Crippen molar-refractivity contribution in [2.24, 2.45) is 17.8 Å². The maximum Gasteiger partial charge on any atom is 0.323 e. The summed E-state index contributed by atoms with van der Waals surface area (Å²) >= 11 is 0. The van der Waals surface area contributed by atoms with E-state index in [4.69, 9.17) is 9.94 Å². The highest BCUT2D eigenvalue weighted by Gasteiger charge is 2.43. The van der Waals surface area contributed by atoms with Gasteiger partial charge in [0.15, 0.2) is 0 Å². The summed E-state index contributed by atoms with van der Waals surface area (Å²) in [5, 5.41) is 12.1. The van der Waals surface area contributed by atoms with Crippen LogP contribution in [-0.4, -0.2) is 29.2 Å². The lowest BCUT2D eigenvalue weighted by atomic mass is 9.83. The number of carbonyl (C=O) groups excluding carboxylic acids is 2. The lowest BCUT2D eigenvalue weighted by Crippen LogP contribution is -2.46. The zero-order chi connectivity index (χ0) is 21.6. The SMILES string of the molecule is O=C(/C=C/c1ccc(CN[C@H](C(=O)OC2CC3CCC2C3)C2CCCCC2)cc1)NO. The zero-order valence-electron chi connectivity index (χ0n) is 18.1. The van der Waals surface area contributed by atoms with Gasteiger partial charge in [0.05, 0.1) is 0 Å². The van der Waals surface area contributed by atoms with Gasteiger partial charge in [0, 0.05) is 12.6 Å². The van der Waals surface area contributed by atoms with Crippen molar-refractivity contribution >= 4 is 18.0 Å². The fourth-order valence-corrected chi connectivity index (χ4v) is 5.65. The number of hydrogen-bond acceptors (Lipinski definition) is 5. The molecular weight excluding hydrogens is 392 g/mol. The number of amides is 1. The highest BCUT2D eigenvalue weighted by atomic mass is 16.5. The number of benzene rings is 1. The monoisotopic (exact) mass is 426 g/mol. The molecule has 31 heavy (non-hydrogen) atoms. The molecule has 0 radical (unpaired) electrons. The molecular formula is C25H34N2O4. The lowest BCUT2D eigenvalue weighted by molar-refractivity contribution is -0.156. The van der Waals surface area contributed by atoms with Crippen LogP contribution in [0.4, 0.5) is 0 Å². The topological polar surface area (TPSA) is 87.7 Å². The van der Waals surface area contributed by atoms with Crippen LogP contribution in [0.5, 0.6) is 0 Å². The van der Waals surface area contributed by atoms with Gasteiger partial charge < -0.3 is 10.1 Å². The fourth-order valence-electron chi connectivity index (χ4n) is 5.65. The number of nitrogens with one attached hydrogen (secondary N) is 2. The molecule has 3 fully saturated rings. The van der Waals surface area contributed by atoms with Gasteiger partial charge in [-0.05, 0) is 73.5 Å². The second kappa shape index (κ2) is 10.4. The Kier molecular flexibility index (Phi) is 7.41. The molecule has 3 aliphatic rings. The first kappa shape index (κ1) is 22.0. The number of esters is 1. The van der Waals surface area contributed by atoms with Crippen LogP contribution in [0.15, 0.2) is 30.3 Å². The van der Waals surface area contributed by atoms with Crippen molar-refractivity contribution in [1.29, 1.82) is 0 Å². The number of carbonyl (C=O) groups is 2. The maximum atomic E-state index is 13.2. The van der Waals surface area contributed by atoms with E-state index in [2.05, 4.69) is 5.32 Å². The Morgan fingerprint density at radius 1 is 1.06 bits per heavy atom. The highest BCUT2D eigenvalue weighted by molar-refractivity contribution is 5.90. The molecule has 0 aromatic heterocycles. The lowest BCUT2D eigenvalue weighted by Gasteiger charge is -2.32. The number of rotatable bonds is 8. The van der Waals surface area contributed by atoms with Crippen LogP contribution < -0.4 is 10.8 Å². The first-order chi connectivity index (χ1) is 15.1. The molecule has 0 aliphatic heterocycles. The van der Waals surface area contributed by atoms with E-state index < -0.39 is 5.91 Å². The summed E-state index contributed by atoms with van der Waals surface area (Å²) < 4.78 is 6.06. The van der Waals surface area contributed by atoms with Gasteiger partial charge in [-0.15, -0.1) is 0 Å². The Hall–Kier alpha value is -2.18. The molecule has 1 amide bonds. The Bertz CT molecular complexity index is 785. The van der Waals surface area contributed by atoms with Gasteiger partial charge in [-0.2, -0.15) is 0 Å². The molecule has 0 spiro atoms. The molecule has 4 rings (SSSR count). The third kappa shape index (κ3) is 5.74. The Balaban J connectivity index is 1.36. The summed E-state index contributed by atoms with van der Waals surface area (Å²) in [5.41, 5.74) is 3.52. The zero-order valence-corrected chi connectivity index (χ0v) is 18.1. The highest BCUT2D eigenvalue weighted by Crippen LogP contribution is 2.46. The van der Waals surface area contributed by atoms with Crippen molar-refractivity contribution in [3.05, 3.63) is 41.5 Å². The van der Waals surface area contributed by atoms with Gasteiger partial charge in [-0.3, -0.25) is 14.8 Å². The molecule has 3 aliphatic carbocycles. The number of hydroxylamine groups is 1. The summed E-state index contributed by atoms with van der Waals surface area (Å²) in [6, 6.07) is 7.57. The van der Waals surface area contributed by atoms with E-state index in [1.165, 1.54) is 44.6 Å². The fraction of sp³-hybridized carbons (Fsp3) is 0.600. The van der Waals surface area contributed by atoms with Crippen LogP contribution in [0.25, 0.3) is 6.08 Å². The standard InChI is InChI=1S/C25H34N2O4/c28-23(27-30)13-11-17-6-8-18(9-7-17)16-26-24(20-4-2-1-3-5-20)25(29)31-22-15-19-10-12-21(22)14-19/h6-9,11,13,19-22,24,26,30H,1-5,10,12,14-16H2,(H,27,28)/b13-11+/t19?,21?,22?,24-/m0/s1. The summed E-state index contributed by atoms with van der Waals surface area (Å²) in [7, 11) is 0. The quantitative estimate of drug-likeness (QED) is 0.253. The van der Waals surface area contributed by atoms with E-state index in [1.54, 1.807) is 11.6 Å². The van der Waals surface area contributed by atoms with E-state index in [-0.39, 0.29) is 18.1 Å². The summed E-state index contributed by atoms with van der Waals surface area (Å²) in [6.45, 7) is 0.605. The van der Waals surface area contributed by atoms with E-state index in [0.29, 0.717) is 18.4 Å². The molecule has 0 heterocycles. The summed E-state index contributed by atoms with van der Waals surface area (Å²) in [4.78, 5) is 24.3. The van der Waals surface area contributed by atoms with Crippen LogP contribution in [0.2, 0.25) is 0 Å². The minimum atomic E-state index is -0.560. The van der Waals surface area contributed by atoms with Crippen LogP contribution >= 0.6 is 0 Å². The van der Waals surface area contributed by atoms with Crippen LogP contribution in [0.1, 0.15) is 68.9 Å². The summed E-state index contributed by atoms with van der Waals surface area (Å²) in [5.74, 6) is 1.07. The van der Waals surface area contributed by atoms with Crippen molar-refractivity contribution in [2.45, 2.75) is 76.5 Å². The molecule has 3 N–H and O–H groups in total.